The molecule has 0 aromatic heterocycles. The lowest BCUT2D eigenvalue weighted by molar-refractivity contribution is -0.00149. The van der Waals surface area contributed by atoms with Crippen molar-refractivity contribution < 1.29 is 5.11 Å². The van der Waals surface area contributed by atoms with Crippen LogP contribution in [0.5, 0.6) is 0 Å². The molecule has 2 aliphatic carbocycles. The average molecular weight is 252 g/mol. The van der Waals surface area contributed by atoms with Crippen LogP contribution in [0.25, 0.3) is 0 Å². The van der Waals surface area contributed by atoms with Crippen LogP contribution >= 0.6 is 0 Å². The number of aliphatic hydroxyl groups excluding tert-OH is 1. The normalized spacial score (nSPS) is 41.8. The van der Waals surface area contributed by atoms with E-state index in [-0.39, 0.29) is 6.10 Å². The van der Waals surface area contributed by atoms with Crippen molar-refractivity contribution in [2.24, 2.45) is 23.7 Å². The highest BCUT2D eigenvalue weighted by Gasteiger charge is 2.36. The summed E-state index contributed by atoms with van der Waals surface area (Å²) in [6.07, 6.45) is 13.3. The first kappa shape index (κ1) is 14.4. The van der Waals surface area contributed by atoms with Crippen LogP contribution in [0.3, 0.4) is 0 Å². The van der Waals surface area contributed by atoms with Crippen LogP contribution in [0.15, 0.2) is 0 Å². The number of aliphatic hydroxyl groups is 1. The SMILES string of the molecule is CCCC1CCC(O)C(C2CCCC(CC)C2)C1. The van der Waals surface area contributed by atoms with Gasteiger partial charge in [0.15, 0.2) is 0 Å². The van der Waals surface area contributed by atoms with E-state index < -0.39 is 0 Å². The molecule has 2 rings (SSSR count). The van der Waals surface area contributed by atoms with Gasteiger partial charge in [0.25, 0.3) is 0 Å². The van der Waals surface area contributed by atoms with Gasteiger partial charge in [0, 0.05) is 0 Å². The molecule has 2 aliphatic rings. The first-order valence-corrected chi connectivity index (χ1v) is 8.42. The van der Waals surface area contributed by atoms with Crippen LogP contribution < -0.4 is 0 Å². The van der Waals surface area contributed by atoms with E-state index in [0.717, 1.165) is 24.2 Å². The summed E-state index contributed by atoms with van der Waals surface area (Å²) in [5, 5.41) is 10.4. The molecule has 106 valence electrons. The number of hydrogen-bond donors (Lipinski definition) is 1. The zero-order valence-electron chi connectivity index (χ0n) is 12.4. The van der Waals surface area contributed by atoms with E-state index >= 15 is 0 Å². The summed E-state index contributed by atoms with van der Waals surface area (Å²) in [4.78, 5) is 0. The second-order valence-electron chi connectivity index (χ2n) is 6.90. The van der Waals surface area contributed by atoms with Gasteiger partial charge >= 0.3 is 0 Å². The minimum Gasteiger partial charge on any atom is -0.393 e. The Balaban J connectivity index is 1.92. The first-order chi connectivity index (χ1) is 8.74. The van der Waals surface area contributed by atoms with Crippen molar-refractivity contribution in [1.29, 1.82) is 0 Å². The van der Waals surface area contributed by atoms with Crippen LogP contribution in [-0.2, 0) is 0 Å². The fourth-order valence-corrected chi connectivity index (χ4v) is 4.55. The Morgan fingerprint density at radius 2 is 1.78 bits per heavy atom. The predicted molar refractivity (Wildman–Crippen MR) is 77.5 cm³/mol. The zero-order valence-corrected chi connectivity index (χ0v) is 12.4. The van der Waals surface area contributed by atoms with E-state index in [2.05, 4.69) is 13.8 Å². The smallest absolute Gasteiger partial charge is 0.0571 e. The maximum absolute atomic E-state index is 10.4. The van der Waals surface area contributed by atoms with Crippen LogP contribution in [0.2, 0.25) is 0 Å². The van der Waals surface area contributed by atoms with Crippen molar-refractivity contribution in [2.45, 2.75) is 84.2 Å². The fourth-order valence-electron chi connectivity index (χ4n) is 4.55. The Bertz CT molecular complexity index is 238. The molecule has 5 atom stereocenters. The quantitative estimate of drug-likeness (QED) is 0.763. The molecule has 1 heteroatoms. The molecule has 0 bridgehead atoms. The molecule has 0 heterocycles. The summed E-state index contributed by atoms with van der Waals surface area (Å²) in [5.41, 5.74) is 0. The molecule has 0 aliphatic heterocycles. The minimum absolute atomic E-state index is 0.0127. The van der Waals surface area contributed by atoms with Gasteiger partial charge in [-0.25, -0.2) is 0 Å². The fraction of sp³-hybridized carbons (Fsp3) is 1.00. The Morgan fingerprint density at radius 3 is 2.50 bits per heavy atom. The second kappa shape index (κ2) is 6.93. The Kier molecular flexibility index (Phi) is 5.54. The van der Waals surface area contributed by atoms with Crippen molar-refractivity contribution in [3.63, 3.8) is 0 Å². The average Bonchev–Trinajstić information content (AvgIpc) is 2.41. The van der Waals surface area contributed by atoms with Gasteiger partial charge in [-0.2, -0.15) is 0 Å². The minimum atomic E-state index is 0.0127. The monoisotopic (exact) mass is 252 g/mol. The third-order valence-corrected chi connectivity index (χ3v) is 5.67. The number of rotatable bonds is 4. The van der Waals surface area contributed by atoms with Crippen LogP contribution in [0.4, 0.5) is 0 Å². The van der Waals surface area contributed by atoms with E-state index in [1.807, 2.05) is 0 Å². The molecule has 0 amide bonds. The molecule has 18 heavy (non-hydrogen) atoms. The molecule has 2 saturated carbocycles. The van der Waals surface area contributed by atoms with Gasteiger partial charge in [0.2, 0.25) is 0 Å². The topological polar surface area (TPSA) is 20.2 Å². The van der Waals surface area contributed by atoms with Gasteiger partial charge in [-0.1, -0.05) is 52.4 Å². The predicted octanol–water partition coefficient (Wildman–Crippen LogP) is 4.78. The molecular weight excluding hydrogens is 220 g/mol. The summed E-state index contributed by atoms with van der Waals surface area (Å²) in [6.45, 7) is 4.64. The largest absolute Gasteiger partial charge is 0.393 e. The van der Waals surface area contributed by atoms with E-state index in [4.69, 9.17) is 0 Å². The van der Waals surface area contributed by atoms with Crippen LogP contribution in [0.1, 0.15) is 78.1 Å². The van der Waals surface area contributed by atoms with Crippen LogP contribution in [0, 0.1) is 23.7 Å². The molecule has 1 nitrogen and oxygen atoms in total. The summed E-state index contributed by atoms with van der Waals surface area (Å²) in [7, 11) is 0. The zero-order chi connectivity index (χ0) is 13.0. The Morgan fingerprint density at radius 1 is 0.944 bits per heavy atom. The highest BCUT2D eigenvalue weighted by molar-refractivity contribution is 4.87. The lowest BCUT2D eigenvalue weighted by Crippen LogP contribution is -2.36. The standard InChI is InChI=1S/C17H32O/c1-3-6-14-9-10-17(18)16(12-14)15-8-5-7-13(4-2)11-15/h13-18H,3-12H2,1-2H3. The second-order valence-corrected chi connectivity index (χ2v) is 6.90. The molecule has 5 unspecified atom stereocenters. The van der Waals surface area contributed by atoms with Crippen LogP contribution in [-0.4, -0.2) is 11.2 Å². The molecule has 1 N–H and O–H groups in total. The Labute approximate surface area is 113 Å². The summed E-state index contributed by atoms with van der Waals surface area (Å²) < 4.78 is 0. The molecule has 0 radical (unpaired) electrons. The molecule has 0 spiro atoms. The molecule has 0 saturated heterocycles. The number of hydrogen-bond acceptors (Lipinski definition) is 1. The highest BCUT2D eigenvalue weighted by Crippen LogP contribution is 2.43. The van der Waals surface area contributed by atoms with Crippen molar-refractivity contribution in [3.05, 3.63) is 0 Å². The molecule has 0 aromatic rings. The van der Waals surface area contributed by atoms with E-state index in [0.29, 0.717) is 5.92 Å². The first-order valence-electron chi connectivity index (χ1n) is 8.42. The van der Waals surface area contributed by atoms with Gasteiger partial charge in [0.1, 0.15) is 0 Å². The lowest BCUT2D eigenvalue weighted by atomic mass is 9.66. The van der Waals surface area contributed by atoms with Crippen molar-refractivity contribution in [2.75, 3.05) is 0 Å². The molecule has 0 aromatic carbocycles. The van der Waals surface area contributed by atoms with Crippen molar-refractivity contribution in [3.8, 4) is 0 Å². The highest BCUT2D eigenvalue weighted by atomic mass is 16.3. The molecular formula is C17H32O. The van der Waals surface area contributed by atoms with Gasteiger partial charge in [-0.15, -0.1) is 0 Å². The van der Waals surface area contributed by atoms with Gasteiger partial charge in [-0.05, 0) is 49.4 Å². The maximum Gasteiger partial charge on any atom is 0.0571 e. The van der Waals surface area contributed by atoms with E-state index in [1.165, 1.54) is 57.8 Å². The van der Waals surface area contributed by atoms with E-state index in [9.17, 15) is 5.11 Å². The third kappa shape index (κ3) is 3.50. The summed E-state index contributed by atoms with van der Waals surface area (Å²) in [5.74, 6) is 3.32. The maximum atomic E-state index is 10.4. The Hall–Kier alpha value is -0.0400. The van der Waals surface area contributed by atoms with Gasteiger partial charge < -0.3 is 5.11 Å². The van der Waals surface area contributed by atoms with Gasteiger partial charge in [0.05, 0.1) is 6.10 Å². The van der Waals surface area contributed by atoms with E-state index in [1.54, 1.807) is 0 Å². The molecule has 2 fully saturated rings. The van der Waals surface area contributed by atoms with Gasteiger partial charge in [-0.3, -0.25) is 0 Å². The lowest BCUT2D eigenvalue weighted by Gasteiger charge is -2.41. The summed E-state index contributed by atoms with van der Waals surface area (Å²) >= 11 is 0. The van der Waals surface area contributed by atoms with Crippen molar-refractivity contribution in [1.82, 2.24) is 0 Å². The summed E-state index contributed by atoms with van der Waals surface area (Å²) in [6, 6.07) is 0. The van der Waals surface area contributed by atoms with Crippen molar-refractivity contribution >= 4 is 0 Å². The third-order valence-electron chi connectivity index (χ3n) is 5.67.